The number of benzene rings is 1. The average Bonchev–Trinajstić information content (AvgIpc) is 2.91. The van der Waals surface area contributed by atoms with Crippen LogP contribution < -0.4 is 15.2 Å². The molecule has 0 radical (unpaired) electrons. The van der Waals surface area contributed by atoms with Crippen molar-refractivity contribution in [1.82, 2.24) is 4.72 Å². The summed E-state index contributed by atoms with van der Waals surface area (Å²) in [6, 6.07) is 1.66. The largest absolute Gasteiger partial charge is 0.492 e. The highest BCUT2D eigenvalue weighted by atomic mass is 32.2. The maximum atomic E-state index is 13.8. The molecule has 2 rings (SSSR count). The van der Waals surface area contributed by atoms with Gasteiger partial charge in [-0.3, -0.25) is 0 Å². The van der Waals surface area contributed by atoms with Crippen LogP contribution in [0.4, 0.5) is 10.1 Å². The summed E-state index contributed by atoms with van der Waals surface area (Å²) in [6.07, 6.45) is 1.53. The molecule has 1 aromatic rings. The summed E-state index contributed by atoms with van der Waals surface area (Å²) in [5, 5.41) is 0. The number of sulfonamides is 1. The van der Waals surface area contributed by atoms with Gasteiger partial charge >= 0.3 is 0 Å². The lowest BCUT2D eigenvalue weighted by Gasteiger charge is -2.20. The molecule has 6 nitrogen and oxygen atoms in total. The number of nitrogens with one attached hydrogen (secondary N) is 1. The smallest absolute Gasteiger partial charge is 0.241 e. The van der Waals surface area contributed by atoms with Gasteiger partial charge in [0.05, 0.1) is 23.8 Å². The normalized spacial score (nSPS) is 20.4. The molecular formula is C13H19FN2O4S. The Labute approximate surface area is 123 Å². The first-order valence-electron chi connectivity index (χ1n) is 6.62. The van der Waals surface area contributed by atoms with E-state index < -0.39 is 21.9 Å². The average molecular weight is 318 g/mol. The Bertz CT molecular complexity index is 592. The number of methoxy groups -OCH3 is 1. The van der Waals surface area contributed by atoms with E-state index in [0.29, 0.717) is 6.61 Å². The Morgan fingerprint density at radius 3 is 2.76 bits per heavy atom. The van der Waals surface area contributed by atoms with Gasteiger partial charge in [-0.25, -0.2) is 17.5 Å². The van der Waals surface area contributed by atoms with Gasteiger partial charge in [-0.2, -0.15) is 0 Å². The highest BCUT2D eigenvalue weighted by molar-refractivity contribution is 7.89. The lowest BCUT2D eigenvalue weighted by molar-refractivity contribution is 0.0902. The summed E-state index contributed by atoms with van der Waals surface area (Å²) in [5.74, 6) is -0.983. The lowest BCUT2D eigenvalue weighted by Crippen LogP contribution is -2.40. The molecule has 1 aliphatic rings. The van der Waals surface area contributed by atoms with Gasteiger partial charge in [-0.05, 0) is 31.9 Å². The van der Waals surface area contributed by atoms with Gasteiger partial charge in [0.1, 0.15) is 0 Å². The predicted molar refractivity (Wildman–Crippen MR) is 76.1 cm³/mol. The number of halogens is 1. The van der Waals surface area contributed by atoms with Crippen LogP contribution in [-0.2, 0) is 14.8 Å². The highest BCUT2D eigenvalue weighted by Crippen LogP contribution is 2.28. The molecule has 1 aromatic carbocycles. The summed E-state index contributed by atoms with van der Waals surface area (Å²) in [4.78, 5) is -0.233. The highest BCUT2D eigenvalue weighted by Gasteiger charge is 2.28. The molecule has 8 heteroatoms. The Balaban J connectivity index is 2.23. The summed E-state index contributed by atoms with van der Waals surface area (Å²) in [7, 11) is -2.61. The number of rotatable bonds is 5. The van der Waals surface area contributed by atoms with E-state index in [-0.39, 0.29) is 22.4 Å². The minimum Gasteiger partial charge on any atom is -0.492 e. The number of anilines is 1. The maximum absolute atomic E-state index is 13.8. The van der Waals surface area contributed by atoms with Gasteiger partial charge in [0.15, 0.2) is 11.6 Å². The minimum atomic E-state index is -3.87. The molecule has 21 heavy (non-hydrogen) atoms. The van der Waals surface area contributed by atoms with Gasteiger partial charge in [-0.1, -0.05) is 0 Å². The van der Waals surface area contributed by atoms with Crippen LogP contribution >= 0.6 is 0 Å². The molecular weight excluding hydrogens is 299 g/mol. The monoisotopic (exact) mass is 318 g/mol. The Morgan fingerprint density at radius 2 is 2.24 bits per heavy atom. The van der Waals surface area contributed by atoms with E-state index in [0.717, 1.165) is 18.9 Å². The first-order valence-corrected chi connectivity index (χ1v) is 8.10. The maximum Gasteiger partial charge on any atom is 0.241 e. The van der Waals surface area contributed by atoms with Crippen molar-refractivity contribution in [3.05, 3.63) is 17.9 Å². The van der Waals surface area contributed by atoms with Crippen LogP contribution in [0.1, 0.15) is 19.8 Å². The molecule has 2 atom stereocenters. The summed E-state index contributed by atoms with van der Waals surface area (Å²) in [5.41, 5.74) is 5.53. The SMILES string of the molecule is COc1c(N)cc(S(=O)(=O)NC(C)C2CCCO2)cc1F. The van der Waals surface area contributed by atoms with E-state index in [1.54, 1.807) is 6.92 Å². The first-order chi connectivity index (χ1) is 9.85. The van der Waals surface area contributed by atoms with Crippen molar-refractivity contribution in [3.63, 3.8) is 0 Å². The van der Waals surface area contributed by atoms with Crippen LogP contribution in [0.2, 0.25) is 0 Å². The third-order valence-corrected chi connectivity index (χ3v) is 4.96. The Kier molecular flexibility index (Phi) is 4.70. The van der Waals surface area contributed by atoms with Crippen molar-refractivity contribution < 1.29 is 22.3 Å². The van der Waals surface area contributed by atoms with E-state index in [4.69, 9.17) is 15.2 Å². The summed E-state index contributed by atoms with van der Waals surface area (Å²) < 4.78 is 51.0. The molecule has 0 amide bonds. The van der Waals surface area contributed by atoms with E-state index >= 15 is 0 Å². The van der Waals surface area contributed by atoms with Gasteiger partial charge in [-0.15, -0.1) is 0 Å². The lowest BCUT2D eigenvalue weighted by atomic mass is 10.1. The molecule has 1 heterocycles. The van der Waals surface area contributed by atoms with Gasteiger partial charge < -0.3 is 15.2 Å². The van der Waals surface area contributed by atoms with Gasteiger partial charge in [0.2, 0.25) is 10.0 Å². The molecule has 118 valence electrons. The number of hydrogen-bond acceptors (Lipinski definition) is 5. The third-order valence-electron chi connectivity index (χ3n) is 3.42. The van der Waals surface area contributed by atoms with E-state index in [1.807, 2.05) is 0 Å². The molecule has 1 saturated heterocycles. The van der Waals surface area contributed by atoms with Crippen molar-refractivity contribution in [2.75, 3.05) is 19.5 Å². The van der Waals surface area contributed by atoms with Crippen LogP contribution in [0.3, 0.4) is 0 Å². The second-order valence-corrected chi connectivity index (χ2v) is 6.70. The fourth-order valence-electron chi connectivity index (χ4n) is 2.34. The van der Waals surface area contributed by atoms with Crippen molar-refractivity contribution in [3.8, 4) is 5.75 Å². The molecule has 0 bridgehead atoms. The van der Waals surface area contributed by atoms with Crippen LogP contribution in [0.5, 0.6) is 5.75 Å². The molecule has 0 saturated carbocycles. The number of hydrogen-bond donors (Lipinski definition) is 2. The predicted octanol–water partition coefficient (Wildman–Crippen LogP) is 1.26. The summed E-state index contributed by atoms with van der Waals surface area (Å²) >= 11 is 0. The third kappa shape index (κ3) is 3.45. The van der Waals surface area contributed by atoms with Crippen molar-refractivity contribution in [2.45, 2.75) is 36.8 Å². The van der Waals surface area contributed by atoms with Crippen molar-refractivity contribution in [1.29, 1.82) is 0 Å². The Hall–Kier alpha value is -1.38. The van der Waals surface area contributed by atoms with Gasteiger partial charge in [0.25, 0.3) is 0 Å². The zero-order valence-electron chi connectivity index (χ0n) is 11.9. The van der Waals surface area contributed by atoms with E-state index in [1.165, 1.54) is 13.2 Å². The zero-order chi connectivity index (χ0) is 15.6. The van der Waals surface area contributed by atoms with E-state index in [9.17, 15) is 12.8 Å². The van der Waals surface area contributed by atoms with Crippen LogP contribution in [0, 0.1) is 5.82 Å². The first kappa shape index (κ1) is 16.0. The fourth-order valence-corrected chi connectivity index (χ4v) is 3.66. The molecule has 0 aliphatic carbocycles. The topological polar surface area (TPSA) is 90.7 Å². The molecule has 1 aliphatic heterocycles. The zero-order valence-corrected chi connectivity index (χ0v) is 12.7. The van der Waals surface area contributed by atoms with Crippen molar-refractivity contribution >= 4 is 15.7 Å². The number of nitrogen functional groups attached to an aromatic ring is 1. The molecule has 2 unspecified atom stereocenters. The molecule has 0 spiro atoms. The van der Waals surface area contributed by atoms with E-state index in [2.05, 4.69) is 4.72 Å². The molecule has 3 N–H and O–H groups in total. The quantitative estimate of drug-likeness (QED) is 0.798. The van der Waals surface area contributed by atoms with Gasteiger partial charge in [0, 0.05) is 12.6 Å². The molecule has 1 fully saturated rings. The standard InChI is InChI=1S/C13H19FN2O4S/c1-8(12-4-3-5-20-12)16-21(17,18)9-6-10(14)13(19-2)11(15)7-9/h6-8,12,16H,3-5,15H2,1-2H3. The number of nitrogens with two attached hydrogens (primary N) is 1. The second kappa shape index (κ2) is 6.17. The van der Waals surface area contributed by atoms with Crippen LogP contribution in [-0.4, -0.2) is 34.3 Å². The van der Waals surface area contributed by atoms with Crippen LogP contribution in [0.15, 0.2) is 17.0 Å². The molecule has 0 aromatic heterocycles. The minimum absolute atomic E-state index is 0.0670. The fraction of sp³-hybridized carbons (Fsp3) is 0.538. The second-order valence-electron chi connectivity index (χ2n) is 4.99. The van der Waals surface area contributed by atoms with Crippen molar-refractivity contribution in [2.24, 2.45) is 0 Å². The summed E-state index contributed by atoms with van der Waals surface area (Å²) in [6.45, 7) is 2.34. The Morgan fingerprint density at radius 1 is 1.52 bits per heavy atom. The van der Waals surface area contributed by atoms with Crippen LogP contribution in [0.25, 0.3) is 0 Å². The number of ether oxygens (including phenoxy) is 2.